The first kappa shape index (κ1) is 21.6. The summed E-state index contributed by atoms with van der Waals surface area (Å²) in [6, 6.07) is 12.4. The summed E-state index contributed by atoms with van der Waals surface area (Å²) in [4.78, 5) is 0. The quantitative estimate of drug-likeness (QED) is 0.611. The lowest BCUT2D eigenvalue weighted by atomic mass is 9.75. The Morgan fingerprint density at radius 3 is 2.69 bits per heavy atom. The number of halogens is 1. The number of rotatable bonds is 8. The fraction of sp³-hybridized carbons (Fsp3) is 0.500. The molecule has 0 unspecified atom stereocenters. The lowest BCUT2D eigenvalue weighted by molar-refractivity contribution is -0.0771. The molecule has 0 spiro atoms. The van der Waals surface area contributed by atoms with Gasteiger partial charge in [-0.3, -0.25) is 0 Å². The van der Waals surface area contributed by atoms with Crippen LogP contribution in [0.1, 0.15) is 50.2 Å². The van der Waals surface area contributed by atoms with Gasteiger partial charge in [0.15, 0.2) is 11.5 Å². The number of hydrogen-bond acceptors (Lipinski definition) is 4. The highest BCUT2D eigenvalue weighted by Gasteiger charge is 2.33. The van der Waals surface area contributed by atoms with E-state index < -0.39 is 0 Å². The maximum absolute atomic E-state index is 13.4. The van der Waals surface area contributed by atoms with Crippen LogP contribution in [0.5, 0.6) is 11.5 Å². The van der Waals surface area contributed by atoms with E-state index in [9.17, 15) is 9.50 Å². The smallest absolute Gasteiger partial charge is 0.160 e. The molecule has 1 saturated heterocycles. The Labute approximate surface area is 173 Å². The van der Waals surface area contributed by atoms with Crippen LogP contribution in [0.15, 0.2) is 42.5 Å². The third kappa shape index (κ3) is 5.94. The number of methoxy groups -OCH3 is 1. The molecule has 0 bridgehead atoms. The van der Waals surface area contributed by atoms with E-state index in [1.807, 2.05) is 24.3 Å². The van der Waals surface area contributed by atoms with Crippen molar-refractivity contribution < 1.29 is 19.0 Å². The standard InChI is InChI=1S/C24H32FNO3/c1-24(2)15-19(11-13-29-24)21(18-5-7-20(25)8-6-18)10-12-26-16-17-4-9-22(27)23(14-17)28-3/h4-9,14,19,21,26-27H,10-13,15-16H2,1-3H3/t19-,21-/m1/s1. The second-order valence-corrected chi connectivity index (χ2v) is 8.49. The minimum atomic E-state index is -0.195. The van der Waals surface area contributed by atoms with E-state index in [1.165, 1.54) is 5.56 Å². The van der Waals surface area contributed by atoms with E-state index in [1.54, 1.807) is 25.3 Å². The molecule has 2 N–H and O–H groups in total. The maximum atomic E-state index is 13.4. The van der Waals surface area contributed by atoms with Gasteiger partial charge in [-0.2, -0.15) is 0 Å². The number of phenols is 1. The van der Waals surface area contributed by atoms with Crippen molar-refractivity contribution in [1.82, 2.24) is 5.32 Å². The van der Waals surface area contributed by atoms with Gasteiger partial charge < -0.3 is 19.9 Å². The molecule has 29 heavy (non-hydrogen) atoms. The number of aromatic hydroxyl groups is 1. The van der Waals surface area contributed by atoms with Crippen molar-refractivity contribution in [3.8, 4) is 11.5 Å². The average molecular weight is 402 g/mol. The first-order chi connectivity index (χ1) is 13.9. The molecule has 0 aromatic heterocycles. The van der Waals surface area contributed by atoms with Crippen LogP contribution in [-0.2, 0) is 11.3 Å². The fourth-order valence-corrected chi connectivity index (χ4v) is 4.33. The molecule has 0 aliphatic carbocycles. The van der Waals surface area contributed by atoms with Crippen molar-refractivity contribution in [2.75, 3.05) is 20.3 Å². The van der Waals surface area contributed by atoms with Crippen molar-refractivity contribution in [1.29, 1.82) is 0 Å². The molecule has 1 fully saturated rings. The molecule has 2 aromatic carbocycles. The molecule has 1 heterocycles. The molecule has 2 atom stereocenters. The van der Waals surface area contributed by atoms with E-state index in [0.29, 0.717) is 24.1 Å². The van der Waals surface area contributed by atoms with Crippen LogP contribution in [0.3, 0.4) is 0 Å². The second-order valence-electron chi connectivity index (χ2n) is 8.49. The summed E-state index contributed by atoms with van der Waals surface area (Å²) in [5.41, 5.74) is 2.14. The van der Waals surface area contributed by atoms with E-state index >= 15 is 0 Å². The molecule has 2 aromatic rings. The lowest BCUT2D eigenvalue weighted by Gasteiger charge is -2.39. The molecule has 5 heteroatoms. The van der Waals surface area contributed by atoms with E-state index in [-0.39, 0.29) is 17.2 Å². The van der Waals surface area contributed by atoms with Gasteiger partial charge in [-0.25, -0.2) is 4.39 Å². The topological polar surface area (TPSA) is 50.7 Å². The zero-order chi connectivity index (χ0) is 20.9. The third-order valence-corrected chi connectivity index (χ3v) is 5.81. The van der Waals surface area contributed by atoms with Gasteiger partial charge in [0.05, 0.1) is 12.7 Å². The predicted molar refractivity (Wildman–Crippen MR) is 113 cm³/mol. The first-order valence-corrected chi connectivity index (χ1v) is 10.3. The maximum Gasteiger partial charge on any atom is 0.160 e. The number of phenolic OH excluding ortho intramolecular Hbond substituents is 1. The van der Waals surface area contributed by atoms with Crippen LogP contribution in [-0.4, -0.2) is 31.0 Å². The SMILES string of the molecule is COc1cc(CNCC[C@H](c2ccc(F)cc2)[C@@H]2CCOC(C)(C)C2)ccc1O. The Hall–Kier alpha value is -2.11. The largest absolute Gasteiger partial charge is 0.504 e. The highest BCUT2D eigenvalue weighted by molar-refractivity contribution is 5.41. The van der Waals surface area contributed by atoms with Gasteiger partial charge in [0.25, 0.3) is 0 Å². The molecule has 4 nitrogen and oxygen atoms in total. The molecule has 1 aliphatic heterocycles. The minimum absolute atomic E-state index is 0.114. The molecule has 0 saturated carbocycles. The summed E-state index contributed by atoms with van der Waals surface area (Å²) in [6.07, 6.45) is 3.01. The normalized spacial score (nSPS) is 19.7. The van der Waals surface area contributed by atoms with Crippen molar-refractivity contribution in [3.63, 3.8) is 0 Å². The van der Waals surface area contributed by atoms with Crippen molar-refractivity contribution in [3.05, 3.63) is 59.4 Å². The molecule has 158 valence electrons. The van der Waals surface area contributed by atoms with Crippen LogP contribution in [0, 0.1) is 11.7 Å². The average Bonchev–Trinajstić information content (AvgIpc) is 2.69. The third-order valence-electron chi connectivity index (χ3n) is 5.81. The van der Waals surface area contributed by atoms with Crippen LogP contribution in [0.25, 0.3) is 0 Å². The number of ether oxygens (including phenoxy) is 2. The van der Waals surface area contributed by atoms with E-state index in [4.69, 9.17) is 9.47 Å². The Bertz CT molecular complexity index is 791. The molecule has 0 radical (unpaired) electrons. The summed E-state index contributed by atoms with van der Waals surface area (Å²) in [6.45, 7) is 6.62. The molecule has 3 rings (SSSR count). The number of benzene rings is 2. The van der Waals surface area contributed by atoms with Crippen molar-refractivity contribution in [2.24, 2.45) is 5.92 Å². The molecule has 1 aliphatic rings. The minimum Gasteiger partial charge on any atom is -0.504 e. The van der Waals surface area contributed by atoms with Crippen molar-refractivity contribution in [2.45, 2.75) is 51.2 Å². The summed E-state index contributed by atoms with van der Waals surface area (Å²) < 4.78 is 24.5. The van der Waals surface area contributed by atoms with Crippen LogP contribution < -0.4 is 10.1 Å². The van der Waals surface area contributed by atoms with Gasteiger partial charge in [0.1, 0.15) is 5.82 Å². The lowest BCUT2D eigenvalue weighted by Crippen LogP contribution is -2.36. The van der Waals surface area contributed by atoms with Gasteiger partial charge in [-0.1, -0.05) is 18.2 Å². The van der Waals surface area contributed by atoms with Crippen LogP contribution in [0.2, 0.25) is 0 Å². The predicted octanol–water partition coefficient (Wildman–Crippen LogP) is 5.01. The summed E-state index contributed by atoms with van der Waals surface area (Å²) in [7, 11) is 1.55. The molecular formula is C24H32FNO3. The van der Waals surface area contributed by atoms with Gasteiger partial charge in [-0.15, -0.1) is 0 Å². The Morgan fingerprint density at radius 2 is 2.00 bits per heavy atom. The van der Waals surface area contributed by atoms with E-state index in [2.05, 4.69) is 19.2 Å². The van der Waals surface area contributed by atoms with Crippen LogP contribution in [0.4, 0.5) is 4.39 Å². The number of nitrogens with one attached hydrogen (secondary N) is 1. The zero-order valence-electron chi connectivity index (χ0n) is 17.6. The fourth-order valence-electron chi connectivity index (χ4n) is 4.33. The Balaban J connectivity index is 1.63. The van der Waals surface area contributed by atoms with Gasteiger partial charge >= 0.3 is 0 Å². The van der Waals surface area contributed by atoms with Crippen molar-refractivity contribution >= 4 is 0 Å². The summed E-state index contributed by atoms with van der Waals surface area (Å²) >= 11 is 0. The van der Waals surface area contributed by atoms with Gasteiger partial charge in [0.2, 0.25) is 0 Å². The Kier molecular flexibility index (Phi) is 7.14. The van der Waals surface area contributed by atoms with Gasteiger partial charge in [0, 0.05) is 13.2 Å². The van der Waals surface area contributed by atoms with Crippen LogP contribution >= 0.6 is 0 Å². The molecular weight excluding hydrogens is 369 g/mol. The number of hydrogen-bond donors (Lipinski definition) is 2. The Morgan fingerprint density at radius 1 is 1.24 bits per heavy atom. The first-order valence-electron chi connectivity index (χ1n) is 10.3. The summed E-state index contributed by atoms with van der Waals surface area (Å²) in [5.74, 6) is 1.31. The highest BCUT2D eigenvalue weighted by Crippen LogP contribution is 2.39. The highest BCUT2D eigenvalue weighted by atomic mass is 19.1. The second kappa shape index (κ2) is 9.59. The summed E-state index contributed by atoms with van der Waals surface area (Å²) in [5, 5.41) is 13.2. The monoisotopic (exact) mass is 401 g/mol. The zero-order valence-corrected chi connectivity index (χ0v) is 17.6. The van der Waals surface area contributed by atoms with E-state index in [0.717, 1.165) is 38.0 Å². The van der Waals surface area contributed by atoms with Gasteiger partial charge in [-0.05, 0) is 86.9 Å². The molecule has 0 amide bonds.